The summed E-state index contributed by atoms with van der Waals surface area (Å²) in [6.45, 7) is 9.88. The van der Waals surface area contributed by atoms with Gasteiger partial charge in [-0.3, -0.25) is 9.59 Å². The third-order valence-electron chi connectivity index (χ3n) is 15.2. The van der Waals surface area contributed by atoms with Gasteiger partial charge in [-0.1, -0.05) is 71.0 Å². The maximum atomic E-state index is 14.2. The number of imidazole rings is 2. The van der Waals surface area contributed by atoms with Gasteiger partial charge in [-0.25, -0.2) is 19.6 Å². The zero-order valence-electron chi connectivity index (χ0n) is 38.3. The van der Waals surface area contributed by atoms with E-state index >= 15 is 0 Å². The zero-order valence-corrected chi connectivity index (χ0v) is 38.3. The van der Waals surface area contributed by atoms with Crippen molar-refractivity contribution in [2.24, 2.45) is 17.8 Å². The van der Waals surface area contributed by atoms with Crippen LogP contribution in [0.3, 0.4) is 0 Å². The van der Waals surface area contributed by atoms with Crippen molar-refractivity contribution in [1.82, 2.24) is 40.4 Å². The number of aromatic nitrogens is 4. The third-order valence-corrected chi connectivity index (χ3v) is 15.2. The number of carbonyl (C=O) groups is 4. The van der Waals surface area contributed by atoms with Crippen molar-refractivity contribution in [2.45, 2.75) is 147 Å². The molecule has 14 nitrogen and oxygen atoms in total. The van der Waals surface area contributed by atoms with Gasteiger partial charge in [0.05, 0.1) is 50.1 Å². The monoisotopic (exact) mass is 872 g/mol. The van der Waals surface area contributed by atoms with Gasteiger partial charge < -0.3 is 39.9 Å². The van der Waals surface area contributed by atoms with E-state index in [1.165, 1.54) is 54.9 Å². The Labute approximate surface area is 376 Å². The molecule has 2 aromatic heterocycles. The Morgan fingerprint density at radius 3 is 1.91 bits per heavy atom. The first-order valence-corrected chi connectivity index (χ1v) is 23.6. The van der Waals surface area contributed by atoms with Crippen LogP contribution in [0.2, 0.25) is 0 Å². The number of piperidine rings is 2. The molecule has 4 fully saturated rings. The molecule has 2 saturated carbocycles. The van der Waals surface area contributed by atoms with Crippen molar-refractivity contribution in [3.8, 4) is 33.6 Å². The minimum atomic E-state index is -0.705. The highest BCUT2D eigenvalue weighted by Crippen LogP contribution is 2.58. The quantitative estimate of drug-likeness (QED) is 0.109. The van der Waals surface area contributed by atoms with E-state index in [-0.39, 0.29) is 47.8 Å². The molecule has 0 radical (unpaired) electrons. The summed E-state index contributed by atoms with van der Waals surface area (Å²) in [7, 11) is 2.64. The summed E-state index contributed by atoms with van der Waals surface area (Å²) in [5.41, 5.74) is 9.41. The van der Waals surface area contributed by atoms with Gasteiger partial charge in [0.15, 0.2) is 0 Å². The number of methoxy groups -OCH3 is 2. The van der Waals surface area contributed by atoms with Gasteiger partial charge in [0.25, 0.3) is 0 Å². The summed E-state index contributed by atoms with van der Waals surface area (Å²) in [5.74, 6) is 2.49. The number of aromatic amines is 2. The number of nitrogens with zero attached hydrogens (tertiary/aromatic N) is 4. The molecule has 4 N–H and O–H groups in total. The van der Waals surface area contributed by atoms with Crippen LogP contribution in [0.1, 0.15) is 146 Å². The molecule has 3 aliphatic carbocycles. The summed E-state index contributed by atoms with van der Waals surface area (Å²) in [6.07, 6.45) is 12.6. The van der Waals surface area contributed by atoms with Crippen molar-refractivity contribution in [3.63, 3.8) is 0 Å². The molecule has 4 bridgehead atoms. The van der Waals surface area contributed by atoms with Crippen molar-refractivity contribution in [2.75, 3.05) is 14.2 Å². The number of nitrogens with one attached hydrogen (secondary N) is 4. The number of hydrogen-bond acceptors (Lipinski definition) is 8. The summed E-state index contributed by atoms with van der Waals surface area (Å²) in [4.78, 5) is 74.0. The molecule has 0 spiro atoms. The second-order valence-electron chi connectivity index (χ2n) is 19.5. The van der Waals surface area contributed by atoms with Crippen LogP contribution in [-0.4, -0.2) is 92.1 Å². The van der Waals surface area contributed by atoms with Crippen LogP contribution in [0.25, 0.3) is 33.6 Å². The van der Waals surface area contributed by atoms with Crippen LogP contribution < -0.4 is 10.6 Å². The van der Waals surface area contributed by atoms with Crippen molar-refractivity contribution >= 4 is 24.0 Å². The second-order valence-corrected chi connectivity index (χ2v) is 19.5. The number of alkyl carbamates (subject to hydrolysis) is 2. The highest BCUT2D eigenvalue weighted by Gasteiger charge is 2.52. The molecule has 2 saturated heterocycles. The number of carbonyl (C=O) groups excluding carboxylic acids is 4. The van der Waals surface area contributed by atoms with Crippen LogP contribution in [0.5, 0.6) is 0 Å². The van der Waals surface area contributed by atoms with E-state index in [4.69, 9.17) is 19.4 Å². The first kappa shape index (κ1) is 43.6. The maximum Gasteiger partial charge on any atom is 0.407 e. The predicted molar refractivity (Wildman–Crippen MR) is 243 cm³/mol. The van der Waals surface area contributed by atoms with E-state index in [1.807, 2.05) is 49.9 Å². The molecule has 4 heterocycles. The lowest BCUT2D eigenvalue weighted by atomic mass is 9.82. The van der Waals surface area contributed by atoms with Gasteiger partial charge in [0.1, 0.15) is 23.7 Å². The molecular formula is C50H64N8O6. The number of fused-ring (bicyclic) bond motifs is 7. The van der Waals surface area contributed by atoms with Gasteiger partial charge >= 0.3 is 12.2 Å². The van der Waals surface area contributed by atoms with Crippen LogP contribution >= 0.6 is 0 Å². The van der Waals surface area contributed by atoms with E-state index in [1.54, 1.807) is 0 Å². The van der Waals surface area contributed by atoms with Crippen LogP contribution in [0.4, 0.5) is 9.59 Å². The Morgan fingerprint density at radius 2 is 1.27 bits per heavy atom. The topological polar surface area (TPSA) is 175 Å². The van der Waals surface area contributed by atoms with Crippen molar-refractivity contribution in [1.29, 1.82) is 0 Å². The summed E-state index contributed by atoms with van der Waals surface area (Å²) >= 11 is 0. The van der Waals surface area contributed by atoms with E-state index in [0.717, 1.165) is 80.0 Å². The lowest BCUT2D eigenvalue weighted by Crippen LogP contribution is -2.56. The number of hydrogen-bond donors (Lipinski definition) is 4. The first-order valence-electron chi connectivity index (χ1n) is 23.6. The van der Waals surface area contributed by atoms with E-state index in [0.29, 0.717) is 17.8 Å². The van der Waals surface area contributed by atoms with E-state index in [9.17, 15) is 19.2 Å². The summed E-state index contributed by atoms with van der Waals surface area (Å²) in [5, 5.41) is 5.59. The third kappa shape index (κ3) is 7.74. The molecule has 340 valence electrons. The largest absolute Gasteiger partial charge is 0.453 e. The molecule has 14 heteroatoms. The number of H-pyrrole nitrogens is 2. The smallest absolute Gasteiger partial charge is 0.407 e. The minimum absolute atomic E-state index is 0.0442. The van der Waals surface area contributed by atoms with Crippen LogP contribution in [0, 0.1) is 17.8 Å². The molecule has 9 rings (SSSR count). The van der Waals surface area contributed by atoms with Gasteiger partial charge in [0, 0.05) is 17.6 Å². The van der Waals surface area contributed by atoms with Crippen LogP contribution in [-0.2, 0) is 19.1 Å². The number of likely N-dealkylation sites (tertiary alicyclic amines) is 2. The second kappa shape index (κ2) is 17.7. The highest BCUT2D eigenvalue weighted by atomic mass is 16.5. The molecule has 2 aromatic carbocycles. The Balaban J connectivity index is 0.967. The number of amides is 4. The Bertz CT molecular complexity index is 2390. The number of ether oxygens (including phenoxy) is 2. The van der Waals surface area contributed by atoms with Gasteiger partial charge in [0.2, 0.25) is 11.8 Å². The minimum Gasteiger partial charge on any atom is -0.453 e. The van der Waals surface area contributed by atoms with Gasteiger partial charge in [-0.15, -0.1) is 0 Å². The maximum absolute atomic E-state index is 14.2. The molecule has 5 aliphatic rings. The number of rotatable bonds is 12. The zero-order chi connectivity index (χ0) is 45.0. The lowest BCUT2D eigenvalue weighted by Gasteiger charge is -2.43. The molecule has 4 aromatic rings. The molecular weight excluding hydrogens is 809 g/mol. The van der Waals surface area contributed by atoms with Gasteiger partial charge in [-0.2, -0.15) is 0 Å². The molecule has 2 unspecified atom stereocenters. The molecule has 4 amide bonds. The standard InChI is InChI=1S/C50H64N8O6/c1-8-33-10-9-11-39(57(33)47(59)42(26(2)3)55-49(61)63-6)45-51-24-37(53-45)29-14-12-28(13-15-29)35-20-21-36(41-31-17-16-30(22-31)40(35)41)38-25-52-46(54-38)44-32-18-19-34(23-32)58(44)48(60)43(27(4)5)56-50(62)64-7/h12-15,20-21,24-27,30-34,39,42-44H,8-11,16-19,22-23H2,1-7H3,(H,51,53)(H,52,54)(H,55,61)(H,56,62)/t30?,31?,32-,33-,34+,39-,42-,43-,44-/m0/s1. The Morgan fingerprint density at radius 1 is 0.688 bits per heavy atom. The molecule has 9 atom stereocenters. The summed E-state index contributed by atoms with van der Waals surface area (Å²) < 4.78 is 9.75. The molecule has 2 aliphatic heterocycles. The van der Waals surface area contributed by atoms with Crippen molar-refractivity contribution in [3.05, 3.63) is 71.6 Å². The fourth-order valence-electron chi connectivity index (χ4n) is 12.1. The van der Waals surface area contributed by atoms with E-state index < -0.39 is 24.3 Å². The average Bonchev–Trinajstić information content (AvgIpc) is 4.19. The highest BCUT2D eigenvalue weighted by molar-refractivity contribution is 5.88. The SMILES string of the molecule is CC[C@H]1CCC[C@@H](c2ncc(-c3ccc(-c4ccc(-c5cnc([C@@H]6[C@H]7CC[C@H](C7)N6C(=O)[C@@H](NC(=O)OC)C(C)C)[nH]5)c5c4C4CCC5C4)cc3)[nH]2)N1C(=O)[C@@H](NC(=O)OC)C(C)C. The first-order chi connectivity index (χ1) is 30.9. The normalized spacial score (nSPS) is 25.4. The fourth-order valence-corrected chi connectivity index (χ4v) is 12.1. The fraction of sp³-hybridized carbons (Fsp3) is 0.560. The summed E-state index contributed by atoms with van der Waals surface area (Å²) in [6, 6.07) is 11.6. The molecule has 64 heavy (non-hydrogen) atoms. The van der Waals surface area contributed by atoms with Crippen molar-refractivity contribution < 1.29 is 28.7 Å². The van der Waals surface area contributed by atoms with E-state index in [2.05, 4.69) is 63.9 Å². The lowest BCUT2D eigenvalue weighted by molar-refractivity contribution is -0.142. The van der Waals surface area contributed by atoms with Crippen LogP contribution in [0.15, 0.2) is 48.8 Å². The average molecular weight is 873 g/mol. The predicted octanol–water partition coefficient (Wildman–Crippen LogP) is 9.14. The van der Waals surface area contributed by atoms with Gasteiger partial charge in [-0.05, 0) is 122 Å². The Kier molecular flexibility index (Phi) is 12.1. The Hall–Kier alpha value is -5.66. The number of benzene rings is 2.